The van der Waals surface area contributed by atoms with E-state index in [0.717, 1.165) is 17.1 Å². The number of benzene rings is 1. The van der Waals surface area contributed by atoms with Gasteiger partial charge in [-0.15, -0.1) is 5.10 Å². The maximum atomic E-state index is 5.68. The molecule has 0 radical (unpaired) electrons. The molecule has 0 saturated heterocycles. The van der Waals surface area contributed by atoms with Crippen LogP contribution in [0.1, 0.15) is 16.8 Å². The van der Waals surface area contributed by atoms with Crippen LogP contribution < -0.4 is 11.1 Å². The van der Waals surface area contributed by atoms with Gasteiger partial charge in [-0.3, -0.25) is 0 Å². The van der Waals surface area contributed by atoms with Crippen molar-refractivity contribution in [2.75, 3.05) is 5.32 Å². The van der Waals surface area contributed by atoms with Crippen LogP contribution in [0.3, 0.4) is 0 Å². The molecule has 0 fully saturated rings. The van der Waals surface area contributed by atoms with Crippen LogP contribution in [0.15, 0.2) is 36.4 Å². The Morgan fingerprint density at radius 1 is 1.06 bits per heavy atom. The lowest BCUT2D eigenvalue weighted by Gasteiger charge is -2.09. The molecule has 4 heteroatoms. The molecule has 1 aromatic carbocycles. The third-order valence-electron chi connectivity index (χ3n) is 2.60. The van der Waals surface area contributed by atoms with Crippen LogP contribution in [0.2, 0.25) is 0 Å². The summed E-state index contributed by atoms with van der Waals surface area (Å²) in [5.74, 6) is 0.780. The monoisotopic (exact) mass is 228 g/mol. The molecule has 88 valence electrons. The van der Waals surface area contributed by atoms with Crippen molar-refractivity contribution in [1.29, 1.82) is 0 Å². The van der Waals surface area contributed by atoms with Crippen LogP contribution in [-0.4, -0.2) is 10.2 Å². The van der Waals surface area contributed by atoms with Crippen LogP contribution in [0.25, 0.3) is 0 Å². The molecule has 0 atom stereocenters. The van der Waals surface area contributed by atoms with E-state index in [0.29, 0.717) is 13.1 Å². The lowest BCUT2D eigenvalue weighted by molar-refractivity contribution is 0.951. The first-order valence-corrected chi connectivity index (χ1v) is 5.60. The van der Waals surface area contributed by atoms with Crippen molar-refractivity contribution in [2.24, 2.45) is 5.73 Å². The van der Waals surface area contributed by atoms with Gasteiger partial charge in [0.1, 0.15) is 5.82 Å². The Morgan fingerprint density at radius 2 is 1.82 bits per heavy atom. The van der Waals surface area contributed by atoms with Gasteiger partial charge in [0.05, 0.1) is 5.69 Å². The molecule has 0 unspecified atom stereocenters. The van der Waals surface area contributed by atoms with Gasteiger partial charge in [0.2, 0.25) is 0 Å². The number of hydrogen-bond donors (Lipinski definition) is 2. The summed E-state index contributed by atoms with van der Waals surface area (Å²) in [5, 5.41) is 11.3. The minimum absolute atomic E-state index is 0.553. The number of rotatable bonds is 4. The van der Waals surface area contributed by atoms with Crippen molar-refractivity contribution in [2.45, 2.75) is 20.0 Å². The summed E-state index contributed by atoms with van der Waals surface area (Å²) >= 11 is 0. The van der Waals surface area contributed by atoms with Gasteiger partial charge in [0, 0.05) is 13.1 Å². The summed E-state index contributed by atoms with van der Waals surface area (Å²) in [6.07, 6.45) is 0. The van der Waals surface area contributed by atoms with Gasteiger partial charge < -0.3 is 11.1 Å². The largest absolute Gasteiger partial charge is 0.364 e. The molecule has 1 heterocycles. The second kappa shape index (κ2) is 5.41. The molecule has 2 aromatic rings. The summed E-state index contributed by atoms with van der Waals surface area (Å²) in [7, 11) is 0. The van der Waals surface area contributed by atoms with Gasteiger partial charge in [0.15, 0.2) is 0 Å². The highest BCUT2D eigenvalue weighted by Gasteiger charge is 2.00. The van der Waals surface area contributed by atoms with Crippen LogP contribution in [0.5, 0.6) is 0 Å². The SMILES string of the molecule is Cc1ccc(NCc2ccccc2CN)nn1. The van der Waals surface area contributed by atoms with E-state index in [-0.39, 0.29) is 0 Å². The zero-order chi connectivity index (χ0) is 12.1. The van der Waals surface area contributed by atoms with Crippen molar-refractivity contribution in [3.05, 3.63) is 53.2 Å². The summed E-state index contributed by atoms with van der Waals surface area (Å²) in [6.45, 7) is 3.18. The fourth-order valence-corrected chi connectivity index (χ4v) is 1.61. The lowest BCUT2D eigenvalue weighted by Crippen LogP contribution is -2.07. The number of anilines is 1. The Balaban J connectivity index is 2.04. The predicted octanol–water partition coefficient (Wildman–Crippen LogP) is 1.86. The maximum absolute atomic E-state index is 5.68. The first-order valence-electron chi connectivity index (χ1n) is 5.60. The fourth-order valence-electron chi connectivity index (χ4n) is 1.61. The van der Waals surface area contributed by atoms with Gasteiger partial charge >= 0.3 is 0 Å². The molecule has 0 saturated carbocycles. The fraction of sp³-hybridized carbons (Fsp3) is 0.231. The predicted molar refractivity (Wildman–Crippen MR) is 68.4 cm³/mol. The third kappa shape index (κ3) is 3.01. The van der Waals surface area contributed by atoms with Crippen molar-refractivity contribution in [3.8, 4) is 0 Å². The molecule has 17 heavy (non-hydrogen) atoms. The van der Waals surface area contributed by atoms with E-state index in [1.807, 2.05) is 37.3 Å². The number of aromatic nitrogens is 2. The number of nitrogens with two attached hydrogens (primary N) is 1. The molecule has 0 aliphatic rings. The Morgan fingerprint density at radius 3 is 2.47 bits per heavy atom. The summed E-state index contributed by atoms with van der Waals surface area (Å²) < 4.78 is 0. The Bertz CT molecular complexity index is 479. The average Bonchev–Trinajstić information content (AvgIpc) is 2.38. The highest BCUT2D eigenvalue weighted by Crippen LogP contribution is 2.10. The topological polar surface area (TPSA) is 63.8 Å². The molecule has 2 rings (SSSR count). The van der Waals surface area contributed by atoms with Gasteiger partial charge in [-0.05, 0) is 30.2 Å². The third-order valence-corrected chi connectivity index (χ3v) is 2.60. The molecule has 0 bridgehead atoms. The highest BCUT2D eigenvalue weighted by atomic mass is 15.2. The van der Waals surface area contributed by atoms with Crippen molar-refractivity contribution >= 4 is 5.82 Å². The Hall–Kier alpha value is -1.94. The smallest absolute Gasteiger partial charge is 0.148 e. The Labute approximate surface area is 101 Å². The van der Waals surface area contributed by atoms with E-state index in [4.69, 9.17) is 5.73 Å². The van der Waals surface area contributed by atoms with E-state index in [1.54, 1.807) is 0 Å². The van der Waals surface area contributed by atoms with Gasteiger partial charge in [0.25, 0.3) is 0 Å². The van der Waals surface area contributed by atoms with Crippen LogP contribution in [-0.2, 0) is 13.1 Å². The molecular formula is C13H16N4. The zero-order valence-corrected chi connectivity index (χ0v) is 9.85. The lowest BCUT2D eigenvalue weighted by atomic mass is 10.1. The second-order valence-corrected chi connectivity index (χ2v) is 3.89. The van der Waals surface area contributed by atoms with Crippen LogP contribution in [0, 0.1) is 6.92 Å². The van der Waals surface area contributed by atoms with E-state index < -0.39 is 0 Å². The molecule has 0 aliphatic heterocycles. The summed E-state index contributed by atoms with van der Waals surface area (Å²) in [6, 6.07) is 12.0. The van der Waals surface area contributed by atoms with E-state index in [2.05, 4.69) is 21.6 Å². The van der Waals surface area contributed by atoms with Crippen molar-refractivity contribution < 1.29 is 0 Å². The maximum Gasteiger partial charge on any atom is 0.148 e. The summed E-state index contributed by atoms with van der Waals surface area (Å²) in [4.78, 5) is 0. The first kappa shape index (κ1) is 11.5. The normalized spacial score (nSPS) is 10.2. The molecule has 4 nitrogen and oxygen atoms in total. The van der Waals surface area contributed by atoms with Gasteiger partial charge in [-0.1, -0.05) is 24.3 Å². The molecule has 1 aromatic heterocycles. The van der Waals surface area contributed by atoms with Crippen molar-refractivity contribution in [1.82, 2.24) is 10.2 Å². The first-order chi connectivity index (χ1) is 8.29. The number of hydrogen-bond acceptors (Lipinski definition) is 4. The van der Waals surface area contributed by atoms with Crippen molar-refractivity contribution in [3.63, 3.8) is 0 Å². The highest BCUT2D eigenvalue weighted by molar-refractivity contribution is 5.36. The summed E-state index contributed by atoms with van der Waals surface area (Å²) in [5.41, 5.74) is 8.94. The average molecular weight is 228 g/mol. The Kier molecular flexibility index (Phi) is 3.67. The number of nitrogens with one attached hydrogen (secondary N) is 1. The number of aryl methyl sites for hydroxylation is 1. The molecule has 0 amide bonds. The zero-order valence-electron chi connectivity index (χ0n) is 9.85. The second-order valence-electron chi connectivity index (χ2n) is 3.89. The standard InChI is InChI=1S/C13H16N4/c1-10-6-7-13(17-16-10)15-9-12-5-3-2-4-11(12)8-14/h2-7H,8-9,14H2,1H3,(H,15,17). The quantitative estimate of drug-likeness (QED) is 0.838. The molecule has 0 aliphatic carbocycles. The molecule has 0 spiro atoms. The number of nitrogens with zero attached hydrogens (tertiary/aromatic N) is 2. The minimum atomic E-state index is 0.553. The van der Waals surface area contributed by atoms with Gasteiger partial charge in [-0.25, -0.2) is 0 Å². The van der Waals surface area contributed by atoms with Gasteiger partial charge in [-0.2, -0.15) is 5.10 Å². The van der Waals surface area contributed by atoms with E-state index in [1.165, 1.54) is 5.56 Å². The van der Waals surface area contributed by atoms with E-state index >= 15 is 0 Å². The minimum Gasteiger partial charge on any atom is -0.364 e. The van der Waals surface area contributed by atoms with Crippen LogP contribution >= 0.6 is 0 Å². The van der Waals surface area contributed by atoms with E-state index in [9.17, 15) is 0 Å². The van der Waals surface area contributed by atoms with Crippen LogP contribution in [0.4, 0.5) is 5.82 Å². The molecular weight excluding hydrogens is 212 g/mol. The molecule has 3 N–H and O–H groups in total.